The Morgan fingerprint density at radius 1 is 1.00 bits per heavy atom. The van der Waals surface area contributed by atoms with Crippen LogP contribution >= 0.6 is 0 Å². The van der Waals surface area contributed by atoms with Crippen molar-refractivity contribution in [2.75, 3.05) is 33.3 Å². The van der Waals surface area contributed by atoms with E-state index in [1.165, 1.54) is 12.8 Å². The van der Waals surface area contributed by atoms with Gasteiger partial charge in [-0.25, -0.2) is 0 Å². The zero-order valence-corrected chi connectivity index (χ0v) is 16.2. The zero-order chi connectivity index (χ0) is 18.7. The number of ether oxygens (including phenoxy) is 1. The van der Waals surface area contributed by atoms with E-state index in [0.717, 1.165) is 35.3 Å². The third-order valence-electron chi connectivity index (χ3n) is 5.84. The van der Waals surface area contributed by atoms with E-state index in [2.05, 4.69) is 0 Å². The fraction of sp³-hybridized carbons (Fsp3) is 0.619. The lowest BCUT2D eigenvalue weighted by Crippen LogP contribution is -2.52. The first kappa shape index (κ1) is 18.7. The first-order chi connectivity index (χ1) is 12.5. The predicted octanol–water partition coefficient (Wildman–Crippen LogP) is 2.72. The molecule has 2 fully saturated rings. The molecule has 0 aromatic heterocycles. The van der Waals surface area contributed by atoms with E-state index in [1.807, 2.05) is 35.8 Å². The second-order valence-electron chi connectivity index (χ2n) is 7.61. The molecule has 1 aliphatic heterocycles. The molecule has 0 unspecified atom stereocenters. The molecule has 1 saturated carbocycles. The SMILES string of the molecule is COc1cc(C)c(CC(=O)N2CCN(C(=O)C3CCCC3)CC2)cc1C. The molecule has 2 amide bonds. The molecule has 5 nitrogen and oxygen atoms in total. The standard InChI is InChI=1S/C21H30N2O3/c1-15-13-19(26-3)16(2)12-18(15)14-20(24)22-8-10-23(11-9-22)21(25)17-6-4-5-7-17/h12-13,17H,4-11,14H2,1-3H3. The summed E-state index contributed by atoms with van der Waals surface area (Å²) in [5.74, 6) is 1.53. The van der Waals surface area contributed by atoms with Gasteiger partial charge in [-0.15, -0.1) is 0 Å². The van der Waals surface area contributed by atoms with Gasteiger partial charge in [0.05, 0.1) is 13.5 Å². The Morgan fingerprint density at radius 2 is 1.62 bits per heavy atom. The van der Waals surface area contributed by atoms with Gasteiger partial charge in [0, 0.05) is 32.1 Å². The van der Waals surface area contributed by atoms with E-state index in [4.69, 9.17) is 4.74 Å². The third-order valence-corrected chi connectivity index (χ3v) is 5.84. The van der Waals surface area contributed by atoms with Crippen LogP contribution in [0.25, 0.3) is 0 Å². The molecule has 0 spiro atoms. The summed E-state index contributed by atoms with van der Waals surface area (Å²) in [6, 6.07) is 4.04. The molecule has 0 radical (unpaired) electrons. The van der Waals surface area contributed by atoms with Crippen molar-refractivity contribution in [3.05, 3.63) is 28.8 Å². The van der Waals surface area contributed by atoms with Crippen LogP contribution in [-0.2, 0) is 16.0 Å². The number of hydrogen-bond acceptors (Lipinski definition) is 3. The van der Waals surface area contributed by atoms with Gasteiger partial charge in [-0.2, -0.15) is 0 Å². The van der Waals surface area contributed by atoms with E-state index in [-0.39, 0.29) is 11.8 Å². The Kier molecular flexibility index (Phi) is 5.84. The Balaban J connectivity index is 1.55. The van der Waals surface area contributed by atoms with Gasteiger partial charge in [-0.3, -0.25) is 9.59 Å². The summed E-state index contributed by atoms with van der Waals surface area (Å²) in [5, 5.41) is 0. The molecule has 3 rings (SSSR count). The molecule has 1 saturated heterocycles. The Morgan fingerprint density at radius 3 is 2.23 bits per heavy atom. The first-order valence-electron chi connectivity index (χ1n) is 9.70. The number of aryl methyl sites for hydroxylation is 2. The van der Waals surface area contributed by atoms with Gasteiger partial charge in [0.1, 0.15) is 5.75 Å². The molecular weight excluding hydrogens is 328 g/mol. The van der Waals surface area contributed by atoms with Crippen molar-refractivity contribution in [1.82, 2.24) is 9.80 Å². The van der Waals surface area contributed by atoms with Crippen LogP contribution in [0.4, 0.5) is 0 Å². The Hall–Kier alpha value is -2.04. The molecular formula is C21H30N2O3. The van der Waals surface area contributed by atoms with Crippen LogP contribution in [0.1, 0.15) is 42.4 Å². The number of hydrogen-bond donors (Lipinski definition) is 0. The van der Waals surface area contributed by atoms with E-state index in [1.54, 1.807) is 7.11 Å². The van der Waals surface area contributed by atoms with Gasteiger partial charge in [-0.1, -0.05) is 18.9 Å². The number of benzene rings is 1. The number of nitrogens with zero attached hydrogens (tertiary/aromatic N) is 2. The highest BCUT2D eigenvalue weighted by atomic mass is 16.5. The monoisotopic (exact) mass is 358 g/mol. The molecule has 5 heteroatoms. The molecule has 2 aliphatic rings. The topological polar surface area (TPSA) is 49.9 Å². The van der Waals surface area contributed by atoms with E-state index in [9.17, 15) is 9.59 Å². The number of piperazine rings is 1. The van der Waals surface area contributed by atoms with Crippen LogP contribution in [0.5, 0.6) is 5.75 Å². The number of carbonyl (C=O) groups excluding carboxylic acids is 2. The summed E-state index contributed by atoms with van der Waals surface area (Å²) < 4.78 is 5.35. The van der Waals surface area contributed by atoms with Gasteiger partial charge in [0.15, 0.2) is 0 Å². The summed E-state index contributed by atoms with van der Waals surface area (Å²) >= 11 is 0. The maximum atomic E-state index is 12.7. The second-order valence-corrected chi connectivity index (χ2v) is 7.61. The van der Waals surface area contributed by atoms with Gasteiger partial charge in [0.25, 0.3) is 0 Å². The first-order valence-corrected chi connectivity index (χ1v) is 9.70. The molecule has 1 aromatic rings. The average Bonchev–Trinajstić information content (AvgIpc) is 3.18. The summed E-state index contributed by atoms with van der Waals surface area (Å²) in [5.41, 5.74) is 3.18. The summed E-state index contributed by atoms with van der Waals surface area (Å²) in [6.07, 6.45) is 4.83. The van der Waals surface area contributed by atoms with Crippen molar-refractivity contribution in [1.29, 1.82) is 0 Å². The molecule has 1 aliphatic carbocycles. The highest BCUT2D eigenvalue weighted by molar-refractivity contribution is 5.81. The molecule has 1 aromatic carbocycles. The van der Waals surface area contributed by atoms with Crippen LogP contribution in [0.2, 0.25) is 0 Å². The normalized spacial score (nSPS) is 18.3. The predicted molar refractivity (Wildman–Crippen MR) is 101 cm³/mol. The number of amides is 2. The molecule has 1 heterocycles. The van der Waals surface area contributed by atoms with Gasteiger partial charge in [-0.05, 0) is 49.4 Å². The minimum Gasteiger partial charge on any atom is -0.496 e. The molecule has 0 atom stereocenters. The van der Waals surface area contributed by atoms with E-state index >= 15 is 0 Å². The largest absolute Gasteiger partial charge is 0.496 e. The smallest absolute Gasteiger partial charge is 0.227 e. The van der Waals surface area contributed by atoms with Crippen LogP contribution < -0.4 is 4.74 Å². The van der Waals surface area contributed by atoms with Gasteiger partial charge in [0.2, 0.25) is 11.8 Å². The lowest BCUT2D eigenvalue weighted by molar-refractivity contribution is -0.141. The van der Waals surface area contributed by atoms with Crippen molar-refractivity contribution >= 4 is 11.8 Å². The quantitative estimate of drug-likeness (QED) is 0.831. The zero-order valence-electron chi connectivity index (χ0n) is 16.2. The molecule has 142 valence electrons. The van der Waals surface area contributed by atoms with Crippen molar-refractivity contribution < 1.29 is 14.3 Å². The van der Waals surface area contributed by atoms with Crippen molar-refractivity contribution in [3.63, 3.8) is 0 Å². The van der Waals surface area contributed by atoms with Crippen LogP contribution in [-0.4, -0.2) is 54.9 Å². The van der Waals surface area contributed by atoms with E-state index in [0.29, 0.717) is 38.5 Å². The minimum atomic E-state index is 0.144. The van der Waals surface area contributed by atoms with Gasteiger partial charge >= 0.3 is 0 Å². The number of methoxy groups -OCH3 is 1. The fourth-order valence-electron chi connectivity index (χ4n) is 4.14. The number of rotatable bonds is 4. The lowest BCUT2D eigenvalue weighted by Gasteiger charge is -2.36. The van der Waals surface area contributed by atoms with E-state index < -0.39 is 0 Å². The maximum absolute atomic E-state index is 12.7. The number of carbonyl (C=O) groups is 2. The van der Waals surface area contributed by atoms with Crippen molar-refractivity contribution in [2.45, 2.75) is 46.0 Å². The highest BCUT2D eigenvalue weighted by Gasteiger charge is 2.30. The molecule has 26 heavy (non-hydrogen) atoms. The lowest BCUT2D eigenvalue weighted by atomic mass is 10.0. The Labute approximate surface area is 156 Å². The van der Waals surface area contributed by atoms with Crippen LogP contribution in [0, 0.1) is 19.8 Å². The fourth-order valence-corrected chi connectivity index (χ4v) is 4.14. The van der Waals surface area contributed by atoms with Crippen LogP contribution in [0.3, 0.4) is 0 Å². The molecule has 0 bridgehead atoms. The summed E-state index contributed by atoms with van der Waals surface area (Å²) in [4.78, 5) is 29.1. The Bertz CT molecular complexity index is 672. The van der Waals surface area contributed by atoms with Gasteiger partial charge < -0.3 is 14.5 Å². The highest BCUT2D eigenvalue weighted by Crippen LogP contribution is 2.27. The van der Waals surface area contributed by atoms with Crippen molar-refractivity contribution in [3.8, 4) is 5.75 Å². The second kappa shape index (κ2) is 8.11. The minimum absolute atomic E-state index is 0.144. The molecule has 0 N–H and O–H groups in total. The average molecular weight is 358 g/mol. The maximum Gasteiger partial charge on any atom is 0.227 e. The summed E-state index contributed by atoms with van der Waals surface area (Å²) in [6.45, 7) is 6.64. The van der Waals surface area contributed by atoms with Crippen LogP contribution in [0.15, 0.2) is 12.1 Å². The third kappa shape index (κ3) is 4.02. The van der Waals surface area contributed by atoms with Crippen molar-refractivity contribution in [2.24, 2.45) is 5.92 Å². The summed E-state index contributed by atoms with van der Waals surface area (Å²) in [7, 11) is 1.67.